The molecule has 0 saturated carbocycles. The van der Waals surface area contributed by atoms with Crippen LogP contribution in [-0.2, 0) is 23.8 Å². The third-order valence-electron chi connectivity index (χ3n) is 2.47. The van der Waals surface area contributed by atoms with Gasteiger partial charge in [0.05, 0.1) is 9.79 Å². The highest BCUT2D eigenvalue weighted by Crippen LogP contribution is 2.19. The van der Waals surface area contributed by atoms with Gasteiger partial charge in [-0.25, -0.2) is 21.6 Å². The SMILES string of the molecule is COCC(C)CNS(=O)(=O)c1cccc(S(=O)(=O)Cl)c1. The minimum atomic E-state index is -3.97. The molecule has 0 heterocycles. The lowest BCUT2D eigenvalue weighted by atomic mass is 10.2. The molecular weight excluding hydrogens is 326 g/mol. The Morgan fingerprint density at radius 3 is 2.40 bits per heavy atom. The van der Waals surface area contributed by atoms with Crippen LogP contribution >= 0.6 is 10.7 Å². The van der Waals surface area contributed by atoms with Gasteiger partial charge in [0.25, 0.3) is 9.05 Å². The fraction of sp³-hybridized carbons (Fsp3) is 0.455. The molecule has 9 heteroatoms. The fourth-order valence-electron chi connectivity index (χ4n) is 1.47. The molecule has 20 heavy (non-hydrogen) atoms. The molecule has 1 rings (SSSR count). The van der Waals surface area contributed by atoms with Gasteiger partial charge in [0, 0.05) is 30.9 Å². The van der Waals surface area contributed by atoms with Gasteiger partial charge < -0.3 is 4.74 Å². The van der Waals surface area contributed by atoms with Crippen molar-refractivity contribution in [2.75, 3.05) is 20.3 Å². The predicted octanol–water partition coefficient (Wildman–Crippen LogP) is 1.17. The average Bonchev–Trinajstić information content (AvgIpc) is 2.36. The lowest BCUT2D eigenvalue weighted by molar-refractivity contribution is 0.161. The second-order valence-corrected chi connectivity index (χ2v) is 8.66. The highest BCUT2D eigenvalue weighted by atomic mass is 35.7. The summed E-state index contributed by atoms with van der Waals surface area (Å²) in [4.78, 5) is -0.407. The predicted molar refractivity (Wildman–Crippen MR) is 75.7 cm³/mol. The van der Waals surface area contributed by atoms with E-state index in [2.05, 4.69) is 4.72 Å². The Bertz CT molecular complexity index is 657. The molecule has 0 radical (unpaired) electrons. The van der Waals surface area contributed by atoms with Crippen LogP contribution < -0.4 is 4.72 Å². The van der Waals surface area contributed by atoms with Gasteiger partial charge in [-0.15, -0.1) is 0 Å². The molecule has 1 aromatic rings. The topological polar surface area (TPSA) is 89.5 Å². The van der Waals surface area contributed by atoms with Gasteiger partial charge in [-0.1, -0.05) is 13.0 Å². The molecular formula is C11H16ClNO5S2. The number of hydrogen-bond acceptors (Lipinski definition) is 5. The molecule has 1 unspecified atom stereocenters. The summed E-state index contributed by atoms with van der Waals surface area (Å²) >= 11 is 0. The van der Waals surface area contributed by atoms with E-state index in [4.69, 9.17) is 15.4 Å². The first-order chi connectivity index (χ1) is 9.16. The number of rotatable bonds is 7. The van der Waals surface area contributed by atoms with Gasteiger partial charge in [0.1, 0.15) is 0 Å². The lowest BCUT2D eigenvalue weighted by Gasteiger charge is -2.12. The van der Waals surface area contributed by atoms with Crippen molar-refractivity contribution in [3.8, 4) is 0 Å². The number of benzene rings is 1. The Morgan fingerprint density at radius 1 is 1.25 bits per heavy atom. The van der Waals surface area contributed by atoms with Crippen molar-refractivity contribution >= 4 is 29.8 Å². The van der Waals surface area contributed by atoms with Crippen molar-refractivity contribution in [2.45, 2.75) is 16.7 Å². The molecule has 0 bridgehead atoms. The van der Waals surface area contributed by atoms with E-state index in [1.807, 2.05) is 6.92 Å². The molecule has 6 nitrogen and oxygen atoms in total. The number of nitrogens with one attached hydrogen (secondary N) is 1. The second-order valence-electron chi connectivity index (χ2n) is 4.33. The molecule has 0 fully saturated rings. The van der Waals surface area contributed by atoms with E-state index < -0.39 is 19.1 Å². The van der Waals surface area contributed by atoms with Crippen LogP contribution in [-0.4, -0.2) is 37.1 Å². The minimum absolute atomic E-state index is 0.00489. The van der Waals surface area contributed by atoms with E-state index in [1.165, 1.54) is 25.3 Å². The van der Waals surface area contributed by atoms with Gasteiger partial charge >= 0.3 is 0 Å². The van der Waals surface area contributed by atoms with E-state index in [0.717, 1.165) is 6.07 Å². The molecule has 0 saturated heterocycles. The van der Waals surface area contributed by atoms with Crippen molar-refractivity contribution in [1.29, 1.82) is 0 Å². The van der Waals surface area contributed by atoms with E-state index in [1.54, 1.807) is 0 Å². The van der Waals surface area contributed by atoms with Crippen LogP contribution in [0.1, 0.15) is 6.92 Å². The Labute approximate surface area is 123 Å². The summed E-state index contributed by atoms with van der Waals surface area (Å²) in [5, 5.41) is 0. The zero-order valence-corrected chi connectivity index (χ0v) is 13.4. The highest BCUT2D eigenvalue weighted by Gasteiger charge is 2.18. The number of halogens is 1. The molecule has 0 aromatic heterocycles. The van der Waals surface area contributed by atoms with Gasteiger partial charge in [0.2, 0.25) is 10.0 Å². The van der Waals surface area contributed by atoms with Gasteiger partial charge in [-0.2, -0.15) is 0 Å². The largest absolute Gasteiger partial charge is 0.384 e. The summed E-state index contributed by atoms with van der Waals surface area (Å²) in [5.41, 5.74) is 0. The first kappa shape index (κ1) is 17.4. The monoisotopic (exact) mass is 341 g/mol. The van der Waals surface area contributed by atoms with Crippen molar-refractivity contribution < 1.29 is 21.6 Å². The standard InChI is InChI=1S/C11H16ClNO5S2/c1-9(8-18-2)7-13-20(16,17)11-5-3-4-10(6-11)19(12,14)15/h3-6,9,13H,7-8H2,1-2H3. The molecule has 0 aliphatic carbocycles. The van der Waals surface area contributed by atoms with Crippen LogP contribution in [0.15, 0.2) is 34.1 Å². The molecule has 114 valence electrons. The van der Waals surface area contributed by atoms with Crippen molar-refractivity contribution in [3.63, 3.8) is 0 Å². The molecule has 0 spiro atoms. The summed E-state index contributed by atoms with van der Waals surface area (Å²) in [6.07, 6.45) is 0. The van der Waals surface area contributed by atoms with E-state index >= 15 is 0 Å². The highest BCUT2D eigenvalue weighted by molar-refractivity contribution is 8.13. The van der Waals surface area contributed by atoms with Crippen LogP contribution in [0.25, 0.3) is 0 Å². The van der Waals surface area contributed by atoms with Crippen LogP contribution in [0.2, 0.25) is 0 Å². The normalized spacial score (nSPS) is 14.2. The molecule has 1 N–H and O–H groups in total. The maximum Gasteiger partial charge on any atom is 0.261 e. The van der Waals surface area contributed by atoms with Crippen molar-refractivity contribution in [2.24, 2.45) is 5.92 Å². The Hall–Kier alpha value is -0.670. The third kappa shape index (κ3) is 5.02. The molecule has 0 aliphatic heterocycles. The van der Waals surface area contributed by atoms with E-state index in [0.29, 0.717) is 6.61 Å². The number of sulfonamides is 1. The summed E-state index contributed by atoms with van der Waals surface area (Å²) in [5.74, 6) is -0.00489. The lowest BCUT2D eigenvalue weighted by Crippen LogP contribution is -2.30. The molecule has 1 aromatic carbocycles. The first-order valence-corrected chi connectivity index (χ1v) is 9.49. The Morgan fingerprint density at radius 2 is 1.85 bits per heavy atom. The molecule has 0 aliphatic rings. The first-order valence-electron chi connectivity index (χ1n) is 5.70. The van der Waals surface area contributed by atoms with Gasteiger partial charge in [0.15, 0.2) is 0 Å². The Kier molecular flexibility index (Phi) is 5.96. The van der Waals surface area contributed by atoms with Gasteiger partial charge in [-0.3, -0.25) is 0 Å². The second kappa shape index (κ2) is 6.86. The van der Waals surface area contributed by atoms with Crippen LogP contribution in [0.3, 0.4) is 0 Å². The minimum Gasteiger partial charge on any atom is -0.384 e. The van der Waals surface area contributed by atoms with Crippen LogP contribution in [0.5, 0.6) is 0 Å². The van der Waals surface area contributed by atoms with Crippen molar-refractivity contribution in [3.05, 3.63) is 24.3 Å². The zero-order chi connectivity index (χ0) is 15.4. The summed E-state index contributed by atoms with van der Waals surface area (Å²) in [7, 11) is -1.03. The smallest absolute Gasteiger partial charge is 0.261 e. The molecule has 1 atom stereocenters. The zero-order valence-electron chi connectivity index (χ0n) is 11.0. The summed E-state index contributed by atoms with van der Waals surface area (Å²) in [6, 6.07) is 4.87. The molecule has 0 amide bonds. The third-order valence-corrected chi connectivity index (χ3v) is 5.24. The fourth-order valence-corrected chi connectivity index (χ4v) is 3.55. The maximum atomic E-state index is 12.0. The quantitative estimate of drug-likeness (QED) is 0.752. The Balaban J connectivity index is 2.94. The van der Waals surface area contributed by atoms with Crippen molar-refractivity contribution in [1.82, 2.24) is 4.72 Å². The number of ether oxygens (including phenoxy) is 1. The van der Waals surface area contributed by atoms with Crippen LogP contribution in [0.4, 0.5) is 0 Å². The van der Waals surface area contributed by atoms with E-state index in [-0.39, 0.29) is 22.3 Å². The van der Waals surface area contributed by atoms with E-state index in [9.17, 15) is 16.8 Å². The van der Waals surface area contributed by atoms with Gasteiger partial charge in [-0.05, 0) is 24.1 Å². The number of methoxy groups -OCH3 is 1. The summed E-state index contributed by atoms with van der Waals surface area (Å²) in [6.45, 7) is 2.43. The summed E-state index contributed by atoms with van der Waals surface area (Å²) < 4.78 is 53.8. The van der Waals surface area contributed by atoms with Crippen LogP contribution in [0, 0.1) is 5.92 Å². The number of hydrogen-bond donors (Lipinski definition) is 1. The maximum absolute atomic E-state index is 12.0. The average molecular weight is 342 g/mol.